The molecule has 0 heterocycles. The summed E-state index contributed by atoms with van der Waals surface area (Å²) in [6.07, 6.45) is 1.86. The molecule has 0 spiro atoms. The quantitative estimate of drug-likeness (QED) is 0.725. The first-order chi connectivity index (χ1) is 9.92. The lowest BCUT2D eigenvalue weighted by molar-refractivity contribution is -0.116. The Bertz CT molecular complexity index is 508. The normalized spacial score (nSPS) is 13.7. The third kappa shape index (κ3) is 6.71. The Kier molecular flexibility index (Phi) is 7.36. The van der Waals surface area contributed by atoms with Crippen LogP contribution in [-0.2, 0) is 15.6 Å². The second-order valence-corrected chi connectivity index (χ2v) is 6.83. The van der Waals surface area contributed by atoms with E-state index in [1.807, 2.05) is 0 Å². The van der Waals surface area contributed by atoms with E-state index in [1.54, 1.807) is 0 Å². The molecule has 0 aliphatic carbocycles. The van der Waals surface area contributed by atoms with Crippen molar-refractivity contribution in [1.82, 2.24) is 0 Å². The second-order valence-electron chi connectivity index (χ2n) is 5.21. The first kappa shape index (κ1) is 17.6. The highest BCUT2D eigenvalue weighted by atomic mass is 32.2. The minimum absolute atomic E-state index is 0.198. The Morgan fingerprint density at radius 3 is 2.81 bits per heavy atom. The fraction of sp³-hybridized carbons (Fsp3) is 0.533. The highest BCUT2D eigenvalue weighted by Crippen LogP contribution is 2.19. The number of anilines is 2. The number of benzene rings is 1. The topological polar surface area (TPSA) is 72.2 Å². The number of rotatable bonds is 8. The predicted molar refractivity (Wildman–Crippen MR) is 86.0 cm³/mol. The lowest BCUT2D eigenvalue weighted by atomic mass is 10.2. The standard InChI is InChI=1S/C15H23FN2O2S/c1-3-11(2)10-21(20)8-4-5-15(19)18-14-7-6-12(16)9-13(14)17/h6-7,9,11H,3-5,8,10,17H2,1-2H3,(H,18,19). The van der Waals surface area contributed by atoms with Crippen molar-refractivity contribution in [2.75, 3.05) is 22.6 Å². The van der Waals surface area contributed by atoms with E-state index in [0.29, 0.717) is 29.5 Å². The van der Waals surface area contributed by atoms with Gasteiger partial charge in [0.25, 0.3) is 0 Å². The van der Waals surface area contributed by atoms with Crippen molar-refractivity contribution in [3.8, 4) is 0 Å². The third-order valence-electron chi connectivity index (χ3n) is 3.23. The minimum Gasteiger partial charge on any atom is -0.397 e. The Morgan fingerprint density at radius 2 is 2.19 bits per heavy atom. The van der Waals surface area contributed by atoms with Crippen LogP contribution in [0.2, 0.25) is 0 Å². The number of carbonyl (C=O) groups is 1. The first-order valence-electron chi connectivity index (χ1n) is 7.12. The van der Waals surface area contributed by atoms with E-state index in [2.05, 4.69) is 19.2 Å². The fourth-order valence-electron chi connectivity index (χ4n) is 1.77. The van der Waals surface area contributed by atoms with Crippen LogP contribution >= 0.6 is 0 Å². The molecule has 0 aromatic heterocycles. The van der Waals surface area contributed by atoms with Crippen molar-refractivity contribution < 1.29 is 13.4 Å². The number of amides is 1. The van der Waals surface area contributed by atoms with E-state index in [9.17, 15) is 13.4 Å². The average molecular weight is 314 g/mol. The summed E-state index contributed by atoms with van der Waals surface area (Å²) in [6.45, 7) is 4.14. The molecular formula is C15H23FN2O2S. The summed E-state index contributed by atoms with van der Waals surface area (Å²) < 4.78 is 24.6. The van der Waals surface area contributed by atoms with Gasteiger partial charge in [0, 0.05) is 28.7 Å². The molecule has 21 heavy (non-hydrogen) atoms. The summed E-state index contributed by atoms with van der Waals surface area (Å²) in [5.74, 6) is 1.01. The molecule has 0 aliphatic rings. The van der Waals surface area contributed by atoms with Crippen LogP contribution in [0.25, 0.3) is 0 Å². The largest absolute Gasteiger partial charge is 0.397 e. The maximum Gasteiger partial charge on any atom is 0.224 e. The van der Waals surface area contributed by atoms with E-state index in [0.717, 1.165) is 12.5 Å². The van der Waals surface area contributed by atoms with Gasteiger partial charge >= 0.3 is 0 Å². The van der Waals surface area contributed by atoms with Gasteiger partial charge in [0.1, 0.15) is 5.82 Å². The van der Waals surface area contributed by atoms with E-state index in [4.69, 9.17) is 5.73 Å². The molecular weight excluding hydrogens is 291 g/mol. The maximum absolute atomic E-state index is 12.9. The van der Waals surface area contributed by atoms with Crippen LogP contribution in [0, 0.1) is 11.7 Å². The van der Waals surface area contributed by atoms with E-state index < -0.39 is 16.6 Å². The molecule has 3 N–H and O–H groups in total. The molecule has 1 aromatic carbocycles. The molecule has 0 aliphatic heterocycles. The lowest BCUT2D eigenvalue weighted by Crippen LogP contribution is -2.15. The van der Waals surface area contributed by atoms with Gasteiger partial charge in [-0.15, -0.1) is 0 Å². The van der Waals surface area contributed by atoms with Crippen molar-refractivity contribution in [1.29, 1.82) is 0 Å². The Labute approximate surface area is 127 Å². The maximum atomic E-state index is 12.9. The summed E-state index contributed by atoms with van der Waals surface area (Å²) in [4.78, 5) is 11.8. The molecule has 2 atom stereocenters. The van der Waals surface area contributed by atoms with E-state index >= 15 is 0 Å². The Balaban J connectivity index is 2.33. The van der Waals surface area contributed by atoms with Gasteiger partial charge < -0.3 is 11.1 Å². The van der Waals surface area contributed by atoms with Crippen LogP contribution in [0.15, 0.2) is 18.2 Å². The van der Waals surface area contributed by atoms with Crippen molar-refractivity contribution >= 4 is 28.1 Å². The fourth-order valence-corrected chi connectivity index (χ4v) is 3.28. The third-order valence-corrected chi connectivity index (χ3v) is 4.92. The minimum atomic E-state index is -0.875. The number of hydrogen-bond acceptors (Lipinski definition) is 3. The van der Waals surface area contributed by atoms with Gasteiger partial charge in [-0.25, -0.2) is 4.39 Å². The van der Waals surface area contributed by atoms with Crippen LogP contribution in [0.4, 0.5) is 15.8 Å². The molecule has 0 bridgehead atoms. The summed E-state index contributed by atoms with van der Waals surface area (Å²) in [5, 5.41) is 2.63. The van der Waals surface area contributed by atoms with Gasteiger partial charge in [-0.2, -0.15) is 0 Å². The second kappa shape index (κ2) is 8.77. The van der Waals surface area contributed by atoms with Gasteiger partial charge in [-0.1, -0.05) is 20.3 Å². The smallest absolute Gasteiger partial charge is 0.224 e. The number of nitrogens with one attached hydrogen (secondary N) is 1. The molecule has 118 valence electrons. The highest BCUT2D eigenvalue weighted by Gasteiger charge is 2.09. The van der Waals surface area contributed by atoms with Crippen LogP contribution < -0.4 is 11.1 Å². The van der Waals surface area contributed by atoms with Gasteiger partial charge in [-0.3, -0.25) is 9.00 Å². The van der Waals surface area contributed by atoms with Crippen molar-refractivity contribution in [3.05, 3.63) is 24.0 Å². The van der Waals surface area contributed by atoms with E-state index in [1.165, 1.54) is 12.1 Å². The van der Waals surface area contributed by atoms with Crippen LogP contribution in [-0.4, -0.2) is 21.6 Å². The van der Waals surface area contributed by atoms with Crippen molar-refractivity contribution in [2.45, 2.75) is 33.1 Å². The van der Waals surface area contributed by atoms with Crippen molar-refractivity contribution in [3.63, 3.8) is 0 Å². The molecule has 0 saturated carbocycles. The molecule has 1 aromatic rings. The molecule has 4 nitrogen and oxygen atoms in total. The average Bonchev–Trinajstić information content (AvgIpc) is 2.41. The molecule has 6 heteroatoms. The van der Waals surface area contributed by atoms with E-state index in [-0.39, 0.29) is 18.0 Å². The lowest BCUT2D eigenvalue weighted by Gasteiger charge is -2.09. The molecule has 2 unspecified atom stereocenters. The summed E-state index contributed by atoms with van der Waals surface area (Å²) in [5.41, 5.74) is 6.22. The van der Waals surface area contributed by atoms with Crippen LogP contribution in [0.1, 0.15) is 33.1 Å². The monoisotopic (exact) mass is 314 g/mol. The first-order valence-corrected chi connectivity index (χ1v) is 8.61. The predicted octanol–water partition coefficient (Wildman–Crippen LogP) is 2.92. The Morgan fingerprint density at radius 1 is 1.48 bits per heavy atom. The summed E-state index contributed by atoms with van der Waals surface area (Å²) in [7, 11) is -0.875. The zero-order valence-corrected chi connectivity index (χ0v) is 13.3. The molecule has 1 amide bonds. The number of carbonyl (C=O) groups excluding carboxylic acids is 1. The van der Waals surface area contributed by atoms with Crippen molar-refractivity contribution in [2.24, 2.45) is 5.92 Å². The van der Waals surface area contributed by atoms with Gasteiger partial charge in [0.2, 0.25) is 5.91 Å². The number of hydrogen-bond donors (Lipinski definition) is 2. The SMILES string of the molecule is CCC(C)CS(=O)CCCC(=O)Nc1ccc(F)cc1N. The molecule has 0 fully saturated rings. The van der Waals surface area contributed by atoms with Gasteiger partial charge in [0.15, 0.2) is 0 Å². The zero-order valence-electron chi connectivity index (χ0n) is 12.5. The Hall–Kier alpha value is -1.43. The molecule has 0 saturated heterocycles. The zero-order chi connectivity index (χ0) is 15.8. The number of nitrogen functional groups attached to an aromatic ring is 1. The summed E-state index contributed by atoms with van der Waals surface area (Å²) in [6, 6.07) is 3.84. The number of nitrogens with two attached hydrogens (primary N) is 1. The number of halogens is 1. The van der Waals surface area contributed by atoms with Gasteiger partial charge in [0.05, 0.1) is 11.4 Å². The summed E-state index contributed by atoms with van der Waals surface area (Å²) >= 11 is 0. The molecule has 0 radical (unpaired) electrons. The van der Waals surface area contributed by atoms with Crippen LogP contribution in [0.3, 0.4) is 0 Å². The molecule has 1 rings (SSSR count). The van der Waals surface area contributed by atoms with Gasteiger partial charge in [-0.05, 0) is 30.5 Å². The highest BCUT2D eigenvalue weighted by molar-refractivity contribution is 7.84. The van der Waals surface area contributed by atoms with Crippen LogP contribution in [0.5, 0.6) is 0 Å².